The smallest absolute Gasteiger partial charge is 0.191 e. The first-order valence-electron chi connectivity index (χ1n) is 7.09. The number of rotatable bonds is 5. The minimum absolute atomic E-state index is 0. The van der Waals surface area contributed by atoms with Crippen LogP contribution in [-0.4, -0.2) is 69.5 Å². The van der Waals surface area contributed by atoms with Gasteiger partial charge in [-0.25, -0.2) is 8.42 Å². The maximum Gasteiger partial charge on any atom is 0.191 e. The van der Waals surface area contributed by atoms with Crippen LogP contribution in [0.2, 0.25) is 0 Å². The largest absolute Gasteiger partial charge is 0.357 e. The van der Waals surface area contributed by atoms with E-state index in [0.29, 0.717) is 18.9 Å². The second-order valence-electron chi connectivity index (χ2n) is 6.15. The summed E-state index contributed by atoms with van der Waals surface area (Å²) in [4.78, 5) is 6.70. The first kappa shape index (κ1) is 20.9. The second kappa shape index (κ2) is 8.52. The third kappa shape index (κ3) is 7.14. The van der Waals surface area contributed by atoms with Crippen LogP contribution in [0.4, 0.5) is 0 Å². The summed E-state index contributed by atoms with van der Waals surface area (Å²) in [5.74, 6) is 1.17. The number of hydrogen-bond donors (Lipinski definition) is 2. The summed E-state index contributed by atoms with van der Waals surface area (Å²) < 4.78 is 23.0. The summed E-state index contributed by atoms with van der Waals surface area (Å²) in [7, 11) is 1.19. The summed E-state index contributed by atoms with van der Waals surface area (Å²) in [6.45, 7) is 7.66. The number of likely N-dealkylation sites (N-methyl/N-ethyl adjacent to an activating group) is 1. The van der Waals surface area contributed by atoms with Crippen LogP contribution in [0.1, 0.15) is 27.2 Å². The van der Waals surface area contributed by atoms with Gasteiger partial charge in [-0.3, -0.25) is 4.99 Å². The predicted octanol–water partition coefficient (Wildman–Crippen LogP) is 0.687. The molecular formula is C13H29IN4O2S. The fraction of sp³-hybridized carbons (Fsp3) is 0.923. The summed E-state index contributed by atoms with van der Waals surface area (Å²) in [5.41, 5.74) is -0.0376. The summed E-state index contributed by atoms with van der Waals surface area (Å²) in [5, 5.41) is 6.40. The van der Waals surface area contributed by atoms with E-state index in [1.807, 2.05) is 21.0 Å². The van der Waals surface area contributed by atoms with Crippen molar-refractivity contribution >= 4 is 39.8 Å². The second-order valence-corrected chi connectivity index (χ2v) is 8.38. The van der Waals surface area contributed by atoms with E-state index in [9.17, 15) is 8.42 Å². The van der Waals surface area contributed by atoms with E-state index in [1.165, 1.54) is 0 Å². The zero-order chi connectivity index (χ0) is 15.4. The van der Waals surface area contributed by atoms with Gasteiger partial charge in [0.2, 0.25) is 0 Å². The van der Waals surface area contributed by atoms with Crippen LogP contribution < -0.4 is 10.6 Å². The molecule has 1 aliphatic rings. The topological polar surface area (TPSA) is 73.8 Å². The monoisotopic (exact) mass is 432 g/mol. The molecule has 1 unspecified atom stereocenters. The molecule has 0 amide bonds. The number of halogens is 1. The van der Waals surface area contributed by atoms with Gasteiger partial charge in [0.1, 0.15) is 0 Å². The Hall–Kier alpha value is -0.0900. The molecule has 0 aromatic heterocycles. The van der Waals surface area contributed by atoms with Gasteiger partial charge in [-0.1, -0.05) is 0 Å². The van der Waals surface area contributed by atoms with Crippen molar-refractivity contribution < 1.29 is 8.42 Å². The van der Waals surface area contributed by atoms with Crippen LogP contribution in [-0.2, 0) is 9.84 Å². The highest BCUT2D eigenvalue weighted by atomic mass is 127. The minimum atomic E-state index is -2.87. The molecule has 0 aromatic carbocycles. The van der Waals surface area contributed by atoms with E-state index in [1.54, 1.807) is 0 Å². The highest BCUT2D eigenvalue weighted by Gasteiger charge is 2.28. The van der Waals surface area contributed by atoms with Gasteiger partial charge in [0.05, 0.1) is 18.1 Å². The molecule has 0 saturated carbocycles. The molecule has 6 nitrogen and oxygen atoms in total. The van der Waals surface area contributed by atoms with Gasteiger partial charge in [-0.2, -0.15) is 0 Å². The molecule has 1 saturated heterocycles. The van der Waals surface area contributed by atoms with Crippen molar-refractivity contribution in [1.82, 2.24) is 15.5 Å². The van der Waals surface area contributed by atoms with E-state index in [4.69, 9.17) is 0 Å². The molecule has 0 spiro atoms. The van der Waals surface area contributed by atoms with E-state index < -0.39 is 9.84 Å². The molecule has 1 rings (SSSR count). The molecule has 0 aliphatic carbocycles. The van der Waals surface area contributed by atoms with Crippen molar-refractivity contribution in [2.75, 3.05) is 38.7 Å². The number of nitrogens with one attached hydrogen (secondary N) is 2. The molecule has 8 heteroatoms. The maximum absolute atomic E-state index is 11.5. The molecule has 1 fully saturated rings. The van der Waals surface area contributed by atoms with Crippen LogP contribution in [0.25, 0.3) is 0 Å². The van der Waals surface area contributed by atoms with Crippen LogP contribution in [0.3, 0.4) is 0 Å². The minimum Gasteiger partial charge on any atom is -0.357 e. The van der Waals surface area contributed by atoms with Crippen molar-refractivity contribution in [3.63, 3.8) is 0 Å². The van der Waals surface area contributed by atoms with Gasteiger partial charge in [0.15, 0.2) is 15.8 Å². The van der Waals surface area contributed by atoms with Gasteiger partial charge in [0.25, 0.3) is 0 Å². The van der Waals surface area contributed by atoms with Gasteiger partial charge < -0.3 is 15.5 Å². The number of guanidine groups is 1. The van der Waals surface area contributed by atoms with Crippen molar-refractivity contribution in [2.45, 2.75) is 38.8 Å². The number of aliphatic imine (C=N–C) groups is 1. The Morgan fingerprint density at radius 1 is 1.38 bits per heavy atom. The highest BCUT2D eigenvalue weighted by Crippen LogP contribution is 2.12. The van der Waals surface area contributed by atoms with Gasteiger partial charge in [0, 0.05) is 18.1 Å². The lowest BCUT2D eigenvalue weighted by Gasteiger charge is -2.31. The molecule has 1 aliphatic heterocycles. The first-order valence-corrected chi connectivity index (χ1v) is 8.91. The van der Waals surface area contributed by atoms with E-state index >= 15 is 0 Å². The Kier molecular flexibility index (Phi) is 8.48. The normalized spacial score (nSPS) is 22.0. The lowest BCUT2D eigenvalue weighted by atomic mass is 10.1. The lowest BCUT2D eigenvalue weighted by molar-refractivity contribution is 0.204. The zero-order valence-corrected chi connectivity index (χ0v) is 16.8. The van der Waals surface area contributed by atoms with E-state index in [2.05, 4.69) is 34.4 Å². The van der Waals surface area contributed by atoms with Gasteiger partial charge in [-0.15, -0.1) is 24.0 Å². The predicted molar refractivity (Wildman–Crippen MR) is 99.4 cm³/mol. The Balaban J connectivity index is 0.00000400. The number of hydrogen-bond acceptors (Lipinski definition) is 4. The first-order chi connectivity index (χ1) is 9.16. The number of sulfone groups is 1. The Morgan fingerprint density at radius 2 is 2.00 bits per heavy atom. The van der Waals surface area contributed by atoms with E-state index in [0.717, 1.165) is 6.54 Å². The highest BCUT2D eigenvalue weighted by molar-refractivity contribution is 14.0. The fourth-order valence-electron chi connectivity index (χ4n) is 1.84. The van der Waals surface area contributed by atoms with Crippen LogP contribution in [0, 0.1) is 0 Å². The Bertz CT molecular complexity index is 449. The summed E-state index contributed by atoms with van der Waals surface area (Å²) in [6, 6.07) is -0.0275. The molecule has 0 aromatic rings. The van der Waals surface area contributed by atoms with Crippen molar-refractivity contribution in [3.05, 3.63) is 0 Å². The van der Waals surface area contributed by atoms with E-state index in [-0.39, 0.29) is 47.1 Å². The molecule has 126 valence electrons. The third-order valence-electron chi connectivity index (χ3n) is 3.75. The molecule has 1 atom stereocenters. The maximum atomic E-state index is 11.5. The quantitative estimate of drug-likeness (QED) is 0.380. The lowest BCUT2D eigenvalue weighted by Crippen LogP contribution is -2.46. The molecule has 0 radical (unpaired) electrons. The zero-order valence-electron chi connectivity index (χ0n) is 13.6. The molecule has 21 heavy (non-hydrogen) atoms. The molecule has 0 bridgehead atoms. The van der Waals surface area contributed by atoms with Gasteiger partial charge in [-0.05, 0) is 41.3 Å². The van der Waals surface area contributed by atoms with Crippen molar-refractivity contribution in [2.24, 2.45) is 4.99 Å². The van der Waals surface area contributed by atoms with Crippen LogP contribution >= 0.6 is 24.0 Å². The fourth-order valence-corrected chi connectivity index (χ4v) is 3.51. The average Bonchev–Trinajstić information content (AvgIpc) is 2.66. The Morgan fingerprint density at radius 3 is 2.43 bits per heavy atom. The summed E-state index contributed by atoms with van der Waals surface area (Å²) in [6.07, 6.45) is 0.657. The average molecular weight is 432 g/mol. The molecule has 2 N–H and O–H groups in total. The van der Waals surface area contributed by atoms with Crippen LogP contribution in [0.15, 0.2) is 4.99 Å². The SMILES string of the molecule is CCNC(=NCC(C)(C)N(C)C)NC1CCS(=O)(=O)C1.I. The standard InChI is InChI=1S/C13H28N4O2S.HI/c1-6-14-12(15-10-13(2,3)17(4)5)16-11-7-8-20(18,19)9-11;/h11H,6-10H2,1-5H3,(H2,14,15,16);1H. The summed E-state index contributed by atoms with van der Waals surface area (Å²) >= 11 is 0. The van der Waals surface area contributed by atoms with Crippen molar-refractivity contribution in [1.29, 1.82) is 0 Å². The Labute approximate surface area is 146 Å². The van der Waals surface area contributed by atoms with Crippen molar-refractivity contribution in [3.8, 4) is 0 Å². The molecule has 1 heterocycles. The van der Waals surface area contributed by atoms with Gasteiger partial charge >= 0.3 is 0 Å². The van der Waals surface area contributed by atoms with Crippen LogP contribution in [0.5, 0.6) is 0 Å². The number of nitrogens with zero attached hydrogens (tertiary/aromatic N) is 2. The molecular weight excluding hydrogens is 403 g/mol. The third-order valence-corrected chi connectivity index (χ3v) is 5.52.